The third-order valence-corrected chi connectivity index (χ3v) is 4.29. The van der Waals surface area contributed by atoms with Gasteiger partial charge in [-0.05, 0) is 44.1 Å². The number of hydrogen-bond acceptors (Lipinski definition) is 3. The molecule has 1 aromatic rings. The highest BCUT2D eigenvalue weighted by molar-refractivity contribution is 5.26. The first kappa shape index (κ1) is 11.9. The molecule has 4 heteroatoms. The van der Waals surface area contributed by atoms with E-state index in [1.165, 1.54) is 5.56 Å². The zero-order valence-corrected chi connectivity index (χ0v) is 10.5. The van der Waals surface area contributed by atoms with Crippen molar-refractivity contribution in [2.75, 3.05) is 6.54 Å². The van der Waals surface area contributed by atoms with Crippen LogP contribution in [0.3, 0.4) is 0 Å². The monoisotopic (exact) mass is 248 g/mol. The lowest BCUT2D eigenvalue weighted by Crippen LogP contribution is -2.47. The number of aryl methyl sites for hydroxylation is 1. The van der Waals surface area contributed by atoms with Gasteiger partial charge in [-0.25, -0.2) is 0 Å². The Morgan fingerprint density at radius 2 is 2.22 bits per heavy atom. The Balaban J connectivity index is 1.73. The van der Waals surface area contributed by atoms with Crippen LogP contribution in [0.1, 0.15) is 49.4 Å². The van der Waals surface area contributed by atoms with Gasteiger partial charge in [0.05, 0.1) is 5.60 Å². The van der Waals surface area contributed by atoms with Crippen molar-refractivity contribution in [2.45, 2.75) is 50.2 Å². The lowest BCUT2D eigenvalue weighted by atomic mass is 9.80. The SMILES string of the molecule is O=c1ccc2c([nH]1)CCCC2NCC1(O)CCC1. The normalized spacial score (nSPS) is 25.3. The van der Waals surface area contributed by atoms with E-state index in [0.717, 1.165) is 44.2 Å². The summed E-state index contributed by atoms with van der Waals surface area (Å²) in [6, 6.07) is 3.79. The number of fused-ring (bicyclic) bond motifs is 1. The maximum atomic E-state index is 11.3. The first-order chi connectivity index (χ1) is 8.66. The Morgan fingerprint density at radius 1 is 1.39 bits per heavy atom. The molecule has 0 bridgehead atoms. The highest BCUT2D eigenvalue weighted by Crippen LogP contribution is 2.33. The highest BCUT2D eigenvalue weighted by Gasteiger charge is 2.35. The Morgan fingerprint density at radius 3 is 2.94 bits per heavy atom. The second-order valence-electron chi connectivity index (χ2n) is 5.66. The van der Waals surface area contributed by atoms with E-state index < -0.39 is 5.60 Å². The van der Waals surface area contributed by atoms with Gasteiger partial charge in [-0.3, -0.25) is 4.79 Å². The van der Waals surface area contributed by atoms with Crippen LogP contribution in [0, 0.1) is 0 Å². The molecule has 18 heavy (non-hydrogen) atoms. The Hall–Kier alpha value is -1.13. The van der Waals surface area contributed by atoms with Gasteiger partial charge in [0, 0.05) is 24.3 Å². The molecule has 1 aromatic heterocycles. The first-order valence-electron chi connectivity index (χ1n) is 6.84. The van der Waals surface area contributed by atoms with Gasteiger partial charge in [0.2, 0.25) is 5.56 Å². The molecule has 4 nitrogen and oxygen atoms in total. The van der Waals surface area contributed by atoms with Gasteiger partial charge in [-0.1, -0.05) is 6.07 Å². The third-order valence-electron chi connectivity index (χ3n) is 4.29. The molecule has 3 N–H and O–H groups in total. The maximum absolute atomic E-state index is 11.3. The molecule has 1 heterocycles. The lowest BCUT2D eigenvalue weighted by Gasteiger charge is -2.38. The molecule has 2 aliphatic rings. The van der Waals surface area contributed by atoms with E-state index in [9.17, 15) is 9.90 Å². The summed E-state index contributed by atoms with van der Waals surface area (Å²) in [4.78, 5) is 14.2. The molecular formula is C14H20N2O2. The van der Waals surface area contributed by atoms with Crippen LogP contribution in [0.4, 0.5) is 0 Å². The number of H-pyrrole nitrogens is 1. The van der Waals surface area contributed by atoms with Crippen LogP contribution < -0.4 is 10.9 Å². The van der Waals surface area contributed by atoms with Crippen molar-refractivity contribution in [3.63, 3.8) is 0 Å². The summed E-state index contributed by atoms with van der Waals surface area (Å²) in [5.41, 5.74) is 1.75. The summed E-state index contributed by atoms with van der Waals surface area (Å²) in [5.74, 6) is 0. The van der Waals surface area contributed by atoms with E-state index in [0.29, 0.717) is 6.54 Å². The number of aliphatic hydroxyl groups is 1. The zero-order chi connectivity index (χ0) is 12.6. The van der Waals surface area contributed by atoms with Crippen molar-refractivity contribution < 1.29 is 5.11 Å². The zero-order valence-electron chi connectivity index (χ0n) is 10.5. The minimum atomic E-state index is -0.486. The molecule has 0 amide bonds. The summed E-state index contributed by atoms with van der Waals surface area (Å²) < 4.78 is 0. The number of aromatic nitrogens is 1. The molecular weight excluding hydrogens is 228 g/mol. The van der Waals surface area contributed by atoms with Crippen molar-refractivity contribution in [1.29, 1.82) is 0 Å². The van der Waals surface area contributed by atoms with Crippen molar-refractivity contribution in [2.24, 2.45) is 0 Å². The Kier molecular flexibility index (Phi) is 2.99. The minimum Gasteiger partial charge on any atom is -0.389 e. The van der Waals surface area contributed by atoms with Crippen molar-refractivity contribution >= 4 is 0 Å². The molecule has 0 radical (unpaired) electrons. The average Bonchev–Trinajstić information content (AvgIpc) is 2.33. The van der Waals surface area contributed by atoms with Gasteiger partial charge in [0.25, 0.3) is 0 Å². The molecule has 1 fully saturated rings. The fourth-order valence-corrected chi connectivity index (χ4v) is 2.99. The average molecular weight is 248 g/mol. The molecule has 0 aliphatic heterocycles. The summed E-state index contributed by atoms with van der Waals surface area (Å²) in [6.45, 7) is 0.663. The van der Waals surface area contributed by atoms with Gasteiger partial charge in [0.15, 0.2) is 0 Å². The largest absolute Gasteiger partial charge is 0.389 e. The molecule has 3 rings (SSSR count). The van der Waals surface area contributed by atoms with E-state index in [1.807, 2.05) is 6.07 Å². The molecule has 1 unspecified atom stereocenters. The Bertz CT molecular complexity index is 491. The maximum Gasteiger partial charge on any atom is 0.248 e. The lowest BCUT2D eigenvalue weighted by molar-refractivity contribution is -0.0336. The van der Waals surface area contributed by atoms with Crippen LogP contribution in [0.25, 0.3) is 0 Å². The van der Waals surface area contributed by atoms with Crippen LogP contribution in [0.2, 0.25) is 0 Å². The fourth-order valence-electron chi connectivity index (χ4n) is 2.99. The molecule has 0 aromatic carbocycles. The van der Waals surface area contributed by atoms with Crippen molar-refractivity contribution in [3.8, 4) is 0 Å². The molecule has 0 spiro atoms. The molecule has 0 saturated heterocycles. The molecule has 1 atom stereocenters. The van der Waals surface area contributed by atoms with E-state index in [2.05, 4.69) is 10.3 Å². The third kappa shape index (κ3) is 2.22. The number of rotatable bonds is 3. The van der Waals surface area contributed by atoms with Crippen LogP contribution in [-0.4, -0.2) is 22.2 Å². The van der Waals surface area contributed by atoms with Gasteiger partial charge < -0.3 is 15.4 Å². The topological polar surface area (TPSA) is 65.1 Å². The quantitative estimate of drug-likeness (QED) is 0.754. The van der Waals surface area contributed by atoms with E-state index in [1.54, 1.807) is 6.07 Å². The second kappa shape index (κ2) is 4.52. The van der Waals surface area contributed by atoms with Crippen LogP contribution in [0.15, 0.2) is 16.9 Å². The number of pyridine rings is 1. The smallest absolute Gasteiger partial charge is 0.248 e. The number of nitrogens with one attached hydrogen (secondary N) is 2. The van der Waals surface area contributed by atoms with E-state index in [4.69, 9.17) is 0 Å². The summed E-state index contributed by atoms with van der Waals surface area (Å²) in [5, 5.41) is 13.6. The fraction of sp³-hybridized carbons (Fsp3) is 0.643. The van der Waals surface area contributed by atoms with Crippen LogP contribution in [-0.2, 0) is 6.42 Å². The van der Waals surface area contributed by atoms with Crippen molar-refractivity contribution in [1.82, 2.24) is 10.3 Å². The summed E-state index contributed by atoms with van der Waals surface area (Å²) in [7, 11) is 0. The number of hydrogen-bond donors (Lipinski definition) is 3. The summed E-state index contributed by atoms with van der Waals surface area (Å²) >= 11 is 0. The minimum absolute atomic E-state index is 0.0213. The molecule has 1 saturated carbocycles. The van der Waals surface area contributed by atoms with Crippen LogP contribution >= 0.6 is 0 Å². The van der Waals surface area contributed by atoms with Gasteiger partial charge in [-0.15, -0.1) is 0 Å². The predicted octanol–water partition coefficient (Wildman–Crippen LogP) is 1.26. The standard InChI is InChI=1S/C14H20N2O2/c17-13-6-5-10-11(3-1-4-12(10)16-13)15-9-14(18)7-2-8-14/h5-6,11,15,18H,1-4,7-9H2,(H,16,17). The van der Waals surface area contributed by atoms with Crippen molar-refractivity contribution in [3.05, 3.63) is 33.7 Å². The van der Waals surface area contributed by atoms with E-state index in [-0.39, 0.29) is 11.6 Å². The second-order valence-corrected chi connectivity index (χ2v) is 5.66. The summed E-state index contributed by atoms with van der Waals surface area (Å²) in [6.07, 6.45) is 6.06. The number of aromatic amines is 1. The van der Waals surface area contributed by atoms with Gasteiger partial charge in [0.1, 0.15) is 0 Å². The van der Waals surface area contributed by atoms with E-state index >= 15 is 0 Å². The molecule has 2 aliphatic carbocycles. The Labute approximate surface area is 106 Å². The first-order valence-corrected chi connectivity index (χ1v) is 6.84. The van der Waals surface area contributed by atoms with Gasteiger partial charge in [-0.2, -0.15) is 0 Å². The predicted molar refractivity (Wildman–Crippen MR) is 69.5 cm³/mol. The molecule has 98 valence electrons. The van der Waals surface area contributed by atoms with Crippen LogP contribution in [0.5, 0.6) is 0 Å². The van der Waals surface area contributed by atoms with Gasteiger partial charge >= 0.3 is 0 Å². The highest BCUT2D eigenvalue weighted by atomic mass is 16.3.